The molecule has 0 aromatic heterocycles. The van der Waals surface area contributed by atoms with Crippen LogP contribution < -0.4 is 5.73 Å². The molecule has 2 rings (SSSR count). The molecule has 1 aliphatic rings. The Labute approximate surface area is 118 Å². The molecule has 6 nitrogen and oxygen atoms in total. The summed E-state index contributed by atoms with van der Waals surface area (Å²) < 4.78 is 30.8. The lowest BCUT2D eigenvalue weighted by molar-refractivity contribution is 0.0600. The highest BCUT2D eigenvalue weighted by Crippen LogP contribution is 2.23. The van der Waals surface area contributed by atoms with Crippen LogP contribution in [0.2, 0.25) is 0 Å². The zero-order valence-electron chi connectivity index (χ0n) is 11.4. The quantitative estimate of drug-likeness (QED) is 0.818. The molecule has 1 heterocycles. The molecular weight excluding hydrogens is 280 g/mol. The predicted molar refractivity (Wildman–Crippen MR) is 73.7 cm³/mol. The Morgan fingerprint density at radius 3 is 2.35 bits per heavy atom. The molecule has 2 atom stereocenters. The summed E-state index contributed by atoms with van der Waals surface area (Å²) in [6.07, 6.45) is 0. The fourth-order valence-electron chi connectivity index (χ4n) is 2.17. The van der Waals surface area contributed by atoms with E-state index >= 15 is 0 Å². The van der Waals surface area contributed by atoms with Gasteiger partial charge in [-0.25, -0.2) is 13.2 Å². The molecule has 0 spiro atoms. The van der Waals surface area contributed by atoms with E-state index in [4.69, 9.17) is 5.73 Å². The van der Waals surface area contributed by atoms with Gasteiger partial charge in [0.2, 0.25) is 10.0 Å². The minimum absolute atomic E-state index is 0.138. The van der Waals surface area contributed by atoms with Crippen LogP contribution in [0.25, 0.3) is 0 Å². The van der Waals surface area contributed by atoms with Crippen LogP contribution in [0, 0.1) is 5.92 Å². The van der Waals surface area contributed by atoms with Gasteiger partial charge in [-0.1, -0.05) is 6.92 Å². The Kier molecular flexibility index (Phi) is 4.12. The number of carbonyl (C=O) groups excluding carboxylic acids is 1. The number of hydrogen-bond acceptors (Lipinski definition) is 5. The summed E-state index contributed by atoms with van der Waals surface area (Å²) in [5.74, 6) is -0.357. The van der Waals surface area contributed by atoms with Crippen LogP contribution in [0.3, 0.4) is 0 Å². The van der Waals surface area contributed by atoms with Crippen molar-refractivity contribution in [3.05, 3.63) is 29.8 Å². The van der Waals surface area contributed by atoms with Crippen LogP contribution in [-0.2, 0) is 14.8 Å². The molecule has 0 amide bonds. The normalized spacial score (nSPS) is 23.8. The summed E-state index contributed by atoms with van der Waals surface area (Å²) in [5.41, 5.74) is 6.18. The van der Waals surface area contributed by atoms with Gasteiger partial charge in [-0.2, -0.15) is 4.31 Å². The highest BCUT2D eigenvalue weighted by Gasteiger charge is 2.35. The van der Waals surface area contributed by atoms with E-state index < -0.39 is 16.0 Å². The number of carbonyl (C=O) groups is 1. The Morgan fingerprint density at radius 1 is 1.30 bits per heavy atom. The molecule has 0 bridgehead atoms. The standard InChI is InChI=1S/C13H18N2O4S/c1-9-7-15(8-12(9)14)20(17,18)11-5-3-10(4-6-11)13(16)19-2/h3-6,9,12H,7-8,14H2,1-2H3. The second-order valence-corrected chi connectivity index (χ2v) is 6.92. The monoisotopic (exact) mass is 298 g/mol. The summed E-state index contributed by atoms with van der Waals surface area (Å²) in [6, 6.07) is 5.57. The molecule has 110 valence electrons. The molecular formula is C13H18N2O4S. The number of nitrogens with two attached hydrogens (primary N) is 1. The van der Waals surface area contributed by atoms with E-state index in [1.807, 2.05) is 6.92 Å². The summed E-state index contributed by atoms with van der Waals surface area (Å²) >= 11 is 0. The number of methoxy groups -OCH3 is 1. The van der Waals surface area contributed by atoms with Crippen molar-refractivity contribution in [2.45, 2.75) is 17.9 Å². The maximum Gasteiger partial charge on any atom is 0.337 e. The van der Waals surface area contributed by atoms with Gasteiger partial charge >= 0.3 is 5.97 Å². The van der Waals surface area contributed by atoms with Gasteiger partial charge < -0.3 is 10.5 Å². The summed E-state index contributed by atoms with van der Waals surface area (Å²) in [6.45, 7) is 2.67. The zero-order chi connectivity index (χ0) is 14.9. The number of benzene rings is 1. The van der Waals surface area contributed by atoms with E-state index in [0.29, 0.717) is 18.7 Å². The lowest BCUT2D eigenvalue weighted by Crippen LogP contribution is -2.32. The number of nitrogens with zero attached hydrogens (tertiary/aromatic N) is 1. The second kappa shape index (κ2) is 5.51. The largest absolute Gasteiger partial charge is 0.465 e. The van der Waals surface area contributed by atoms with Crippen LogP contribution in [0.5, 0.6) is 0 Å². The maximum atomic E-state index is 12.4. The third-order valence-corrected chi connectivity index (χ3v) is 5.40. The van der Waals surface area contributed by atoms with Gasteiger partial charge in [0.1, 0.15) is 0 Å². The van der Waals surface area contributed by atoms with Crippen LogP contribution in [0.4, 0.5) is 0 Å². The van der Waals surface area contributed by atoms with E-state index in [0.717, 1.165) is 0 Å². The first kappa shape index (κ1) is 15.0. The van der Waals surface area contributed by atoms with Crippen molar-refractivity contribution in [3.63, 3.8) is 0 Å². The van der Waals surface area contributed by atoms with Crippen LogP contribution in [0.15, 0.2) is 29.2 Å². The lowest BCUT2D eigenvalue weighted by Gasteiger charge is -2.16. The molecule has 1 aromatic carbocycles. The lowest BCUT2D eigenvalue weighted by atomic mass is 10.1. The Hall–Kier alpha value is -1.44. The van der Waals surface area contributed by atoms with Crippen molar-refractivity contribution in [3.8, 4) is 0 Å². The number of esters is 1. The number of rotatable bonds is 3. The average molecular weight is 298 g/mol. The fraction of sp³-hybridized carbons (Fsp3) is 0.462. The fourth-order valence-corrected chi connectivity index (χ4v) is 3.75. The smallest absolute Gasteiger partial charge is 0.337 e. The van der Waals surface area contributed by atoms with Gasteiger partial charge in [0.15, 0.2) is 0 Å². The highest BCUT2D eigenvalue weighted by atomic mass is 32.2. The molecule has 0 aliphatic carbocycles. The predicted octanol–water partition coefficient (Wildman–Crippen LogP) is 0.441. The van der Waals surface area contributed by atoms with Crippen molar-refractivity contribution >= 4 is 16.0 Å². The van der Waals surface area contributed by atoms with Crippen molar-refractivity contribution in [1.82, 2.24) is 4.31 Å². The Morgan fingerprint density at radius 2 is 1.90 bits per heavy atom. The van der Waals surface area contributed by atoms with Crippen LogP contribution >= 0.6 is 0 Å². The van der Waals surface area contributed by atoms with Gasteiger partial charge in [0.25, 0.3) is 0 Å². The van der Waals surface area contributed by atoms with E-state index in [1.54, 1.807) is 0 Å². The molecule has 1 aliphatic heterocycles. The first-order chi connectivity index (χ1) is 9.36. The van der Waals surface area contributed by atoms with Gasteiger partial charge in [-0.05, 0) is 30.2 Å². The molecule has 1 aromatic rings. The Bertz CT molecular complexity index is 587. The molecule has 7 heteroatoms. The third kappa shape index (κ3) is 2.70. The van der Waals surface area contributed by atoms with Crippen molar-refractivity contribution < 1.29 is 17.9 Å². The summed E-state index contributed by atoms with van der Waals surface area (Å²) in [4.78, 5) is 11.5. The minimum Gasteiger partial charge on any atom is -0.465 e. The van der Waals surface area contributed by atoms with Gasteiger partial charge in [-0.15, -0.1) is 0 Å². The second-order valence-electron chi connectivity index (χ2n) is 4.98. The van der Waals surface area contributed by atoms with Gasteiger partial charge in [0.05, 0.1) is 17.6 Å². The van der Waals surface area contributed by atoms with E-state index in [-0.39, 0.29) is 16.9 Å². The third-order valence-electron chi connectivity index (χ3n) is 3.55. The number of ether oxygens (including phenoxy) is 1. The molecule has 0 radical (unpaired) electrons. The maximum absolute atomic E-state index is 12.4. The van der Waals surface area contributed by atoms with Crippen LogP contribution in [0.1, 0.15) is 17.3 Å². The first-order valence-corrected chi connectivity index (χ1v) is 7.74. The number of sulfonamides is 1. The van der Waals surface area contributed by atoms with E-state index in [2.05, 4.69) is 4.74 Å². The zero-order valence-corrected chi connectivity index (χ0v) is 12.3. The molecule has 2 unspecified atom stereocenters. The van der Waals surface area contributed by atoms with Crippen LogP contribution in [-0.4, -0.2) is 44.9 Å². The highest BCUT2D eigenvalue weighted by molar-refractivity contribution is 7.89. The van der Waals surface area contributed by atoms with Gasteiger partial charge in [-0.3, -0.25) is 0 Å². The van der Waals surface area contributed by atoms with E-state index in [1.165, 1.54) is 35.7 Å². The molecule has 1 fully saturated rings. The molecule has 2 N–H and O–H groups in total. The average Bonchev–Trinajstić information content (AvgIpc) is 2.78. The molecule has 0 saturated carbocycles. The van der Waals surface area contributed by atoms with E-state index in [9.17, 15) is 13.2 Å². The van der Waals surface area contributed by atoms with Crippen molar-refractivity contribution in [2.75, 3.05) is 20.2 Å². The van der Waals surface area contributed by atoms with Crippen molar-refractivity contribution in [2.24, 2.45) is 11.7 Å². The van der Waals surface area contributed by atoms with Crippen molar-refractivity contribution in [1.29, 1.82) is 0 Å². The number of hydrogen-bond donors (Lipinski definition) is 1. The molecule has 20 heavy (non-hydrogen) atoms. The summed E-state index contributed by atoms with van der Waals surface area (Å²) in [7, 11) is -2.27. The first-order valence-electron chi connectivity index (χ1n) is 6.30. The topological polar surface area (TPSA) is 89.7 Å². The Balaban J connectivity index is 2.24. The van der Waals surface area contributed by atoms with Gasteiger partial charge in [0, 0.05) is 19.1 Å². The summed E-state index contributed by atoms with van der Waals surface area (Å²) in [5, 5.41) is 0. The minimum atomic E-state index is -3.55. The SMILES string of the molecule is COC(=O)c1ccc(S(=O)(=O)N2CC(C)C(N)C2)cc1. The molecule has 1 saturated heterocycles.